The molecule has 25 heavy (non-hydrogen) atoms. The Morgan fingerprint density at radius 3 is 2.56 bits per heavy atom. The van der Waals surface area contributed by atoms with Gasteiger partial charge in [-0.05, 0) is 30.7 Å². The number of aromatic nitrogens is 2. The fourth-order valence-electron chi connectivity index (χ4n) is 2.59. The smallest absolute Gasteiger partial charge is 0.378 e. The average molecular weight is 349 g/mol. The number of hydrogen-bond donors (Lipinski definition) is 0. The van der Waals surface area contributed by atoms with Crippen LogP contribution in [0.5, 0.6) is 0 Å². The SMILES string of the molecule is Cc1cc(N2CCOCC2)nc(C=Cc2cccc(C(F)(F)F)c2)n1. The van der Waals surface area contributed by atoms with Gasteiger partial charge in [-0.1, -0.05) is 18.2 Å². The molecule has 0 saturated carbocycles. The van der Waals surface area contributed by atoms with Crippen LogP contribution < -0.4 is 4.90 Å². The molecule has 7 heteroatoms. The van der Waals surface area contributed by atoms with Crippen LogP contribution in [-0.4, -0.2) is 36.3 Å². The summed E-state index contributed by atoms with van der Waals surface area (Å²) in [6.45, 7) is 4.69. The molecule has 1 aliphatic heterocycles. The maximum absolute atomic E-state index is 12.8. The first-order chi connectivity index (χ1) is 11.9. The monoisotopic (exact) mass is 349 g/mol. The topological polar surface area (TPSA) is 38.2 Å². The molecule has 1 fully saturated rings. The summed E-state index contributed by atoms with van der Waals surface area (Å²) >= 11 is 0. The second-order valence-corrected chi connectivity index (χ2v) is 5.78. The van der Waals surface area contributed by atoms with Crippen LogP contribution in [0.4, 0.5) is 19.0 Å². The van der Waals surface area contributed by atoms with Gasteiger partial charge in [0.2, 0.25) is 0 Å². The Labute approximate surface area is 144 Å². The maximum Gasteiger partial charge on any atom is 0.416 e. The number of nitrogens with zero attached hydrogens (tertiary/aromatic N) is 3. The van der Waals surface area contributed by atoms with Crippen molar-refractivity contribution in [2.75, 3.05) is 31.2 Å². The van der Waals surface area contributed by atoms with Crippen LogP contribution in [0.3, 0.4) is 0 Å². The zero-order valence-corrected chi connectivity index (χ0v) is 13.8. The van der Waals surface area contributed by atoms with Crippen molar-refractivity contribution in [3.05, 3.63) is 53.0 Å². The molecule has 3 rings (SSSR count). The summed E-state index contributed by atoms with van der Waals surface area (Å²) in [5.74, 6) is 1.28. The van der Waals surface area contributed by atoms with Crippen molar-refractivity contribution in [1.29, 1.82) is 0 Å². The van der Waals surface area contributed by atoms with Gasteiger partial charge < -0.3 is 9.64 Å². The lowest BCUT2D eigenvalue weighted by Gasteiger charge is -2.28. The first-order valence-electron chi connectivity index (χ1n) is 7.95. The third-order valence-electron chi connectivity index (χ3n) is 3.83. The van der Waals surface area contributed by atoms with Gasteiger partial charge in [-0.2, -0.15) is 13.2 Å². The minimum atomic E-state index is -4.35. The van der Waals surface area contributed by atoms with E-state index in [1.807, 2.05) is 13.0 Å². The Hall–Kier alpha value is -2.41. The summed E-state index contributed by atoms with van der Waals surface area (Å²) < 4.78 is 43.7. The standard InChI is InChI=1S/C18H18F3N3O/c1-13-11-17(24-7-9-25-10-8-24)23-16(22-13)6-5-14-3-2-4-15(12-14)18(19,20)21/h2-6,11-12H,7-10H2,1H3. The summed E-state index contributed by atoms with van der Waals surface area (Å²) in [4.78, 5) is 10.9. The number of benzene rings is 1. The molecule has 0 radical (unpaired) electrons. The molecule has 1 aliphatic rings. The van der Waals surface area contributed by atoms with Crippen LogP contribution in [0, 0.1) is 6.92 Å². The van der Waals surface area contributed by atoms with Crippen molar-refractivity contribution in [2.24, 2.45) is 0 Å². The predicted octanol–water partition coefficient (Wildman–Crippen LogP) is 3.81. The first-order valence-corrected chi connectivity index (χ1v) is 7.95. The van der Waals surface area contributed by atoms with Crippen molar-refractivity contribution in [1.82, 2.24) is 9.97 Å². The zero-order valence-electron chi connectivity index (χ0n) is 13.8. The van der Waals surface area contributed by atoms with Gasteiger partial charge in [-0.25, -0.2) is 9.97 Å². The Kier molecular flexibility index (Phi) is 5.03. The molecule has 0 N–H and O–H groups in total. The van der Waals surface area contributed by atoms with Crippen molar-refractivity contribution in [3.63, 3.8) is 0 Å². The molecule has 1 aromatic heterocycles. The van der Waals surface area contributed by atoms with E-state index in [1.165, 1.54) is 6.07 Å². The van der Waals surface area contributed by atoms with E-state index in [9.17, 15) is 13.2 Å². The van der Waals surface area contributed by atoms with E-state index in [0.29, 0.717) is 24.6 Å². The second-order valence-electron chi connectivity index (χ2n) is 5.78. The maximum atomic E-state index is 12.8. The quantitative estimate of drug-likeness (QED) is 0.845. The molecule has 0 amide bonds. The summed E-state index contributed by atoms with van der Waals surface area (Å²) in [5, 5.41) is 0. The largest absolute Gasteiger partial charge is 0.416 e. The Bertz CT molecular complexity index is 768. The van der Waals surface area contributed by atoms with E-state index < -0.39 is 11.7 Å². The lowest BCUT2D eigenvalue weighted by atomic mass is 10.1. The fourth-order valence-corrected chi connectivity index (χ4v) is 2.59. The minimum Gasteiger partial charge on any atom is -0.378 e. The highest BCUT2D eigenvalue weighted by Gasteiger charge is 2.30. The molecule has 1 aromatic carbocycles. The fraction of sp³-hybridized carbons (Fsp3) is 0.333. The van der Waals surface area contributed by atoms with Gasteiger partial charge in [-0.15, -0.1) is 0 Å². The molecule has 0 aliphatic carbocycles. The van der Waals surface area contributed by atoms with Gasteiger partial charge in [0.15, 0.2) is 5.82 Å². The molecule has 2 aromatic rings. The molecule has 4 nitrogen and oxygen atoms in total. The number of aryl methyl sites for hydroxylation is 1. The molecule has 0 atom stereocenters. The van der Waals surface area contributed by atoms with Gasteiger partial charge in [-0.3, -0.25) is 0 Å². The number of halogens is 3. The molecule has 1 saturated heterocycles. The Morgan fingerprint density at radius 2 is 1.84 bits per heavy atom. The van der Waals surface area contributed by atoms with Crippen LogP contribution >= 0.6 is 0 Å². The molecule has 0 unspecified atom stereocenters. The molecule has 0 spiro atoms. The van der Waals surface area contributed by atoms with E-state index in [-0.39, 0.29) is 0 Å². The van der Waals surface area contributed by atoms with Crippen LogP contribution in [0.2, 0.25) is 0 Å². The summed E-state index contributed by atoms with van der Waals surface area (Å²) in [7, 11) is 0. The van der Waals surface area contributed by atoms with Gasteiger partial charge in [0, 0.05) is 24.8 Å². The van der Waals surface area contributed by atoms with Gasteiger partial charge >= 0.3 is 6.18 Å². The van der Waals surface area contributed by atoms with E-state index >= 15 is 0 Å². The number of ether oxygens (including phenoxy) is 1. The van der Waals surface area contributed by atoms with Crippen molar-refractivity contribution < 1.29 is 17.9 Å². The molecular weight excluding hydrogens is 331 g/mol. The van der Waals surface area contributed by atoms with E-state index in [2.05, 4.69) is 14.9 Å². The van der Waals surface area contributed by atoms with E-state index in [4.69, 9.17) is 4.74 Å². The third-order valence-corrected chi connectivity index (χ3v) is 3.83. The highest BCUT2D eigenvalue weighted by molar-refractivity contribution is 5.67. The lowest BCUT2D eigenvalue weighted by Crippen LogP contribution is -2.36. The number of morpholine rings is 1. The van der Waals surface area contributed by atoms with Crippen molar-refractivity contribution in [3.8, 4) is 0 Å². The van der Waals surface area contributed by atoms with Gasteiger partial charge in [0.1, 0.15) is 5.82 Å². The van der Waals surface area contributed by atoms with Crippen LogP contribution in [0.15, 0.2) is 30.3 Å². The first kappa shape index (κ1) is 17.4. The number of anilines is 1. The lowest BCUT2D eigenvalue weighted by molar-refractivity contribution is -0.137. The molecule has 0 bridgehead atoms. The number of rotatable bonds is 3. The summed E-state index contributed by atoms with van der Waals surface area (Å²) in [5.41, 5.74) is 0.585. The highest BCUT2D eigenvalue weighted by Crippen LogP contribution is 2.29. The van der Waals surface area contributed by atoms with Crippen LogP contribution in [-0.2, 0) is 10.9 Å². The molecule has 132 valence electrons. The zero-order chi connectivity index (χ0) is 17.9. The minimum absolute atomic E-state index is 0.452. The second kappa shape index (κ2) is 7.23. The highest BCUT2D eigenvalue weighted by atomic mass is 19.4. The van der Waals surface area contributed by atoms with Crippen molar-refractivity contribution in [2.45, 2.75) is 13.1 Å². The normalized spacial score (nSPS) is 15.8. The average Bonchev–Trinajstić information content (AvgIpc) is 2.60. The third kappa shape index (κ3) is 4.57. The van der Waals surface area contributed by atoms with Gasteiger partial charge in [0.25, 0.3) is 0 Å². The summed E-state index contributed by atoms with van der Waals surface area (Å²) in [6.07, 6.45) is -1.13. The predicted molar refractivity (Wildman–Crippen MR) is 90.2 cm³/mol. The van der Waals surface area contributed by atoms with Gasteiger partial charge in [0.05, 0.1) is 18.8 Å². The van der Waals surface area contributed by atoms with Crippen LogP contribution in [0.1, 0.15) is 22.6 Å². The number of alkyl halides is 3. The number of hydrogen-bond acceptors (Lipinski definition) is 4. The van der Waals surface area contributed by atoms with E-state index in [1.54, 1.807) is 18.2 Å². The Morgan fingerprint density at radius 1 is 1.08 bits per heavy atom. The van der Waals surface area contributed by atoms with E-state index in [0.717, 1.165) is 36.7 Å². The molecular formula is C18H18F3N3O. The molecule has 2 heterocycles. The Balaban J connectivity index is 1.82. The summed E-state index contributed by atoms with van der Waals surface area (Å²) in [6, 6.07) is 7.06. The van der Waals surface area contributed by atoms with Crippen LogP contribution in [0.25, 0.3) is 12.2 Å². The van der Waals surface area contributed by atoms with Crippen molar-refractivity contribution >= 4 is 18.0 Å².